The van der Waals surface area contributed by atoms with E-state index in [0.717, 1.165) is 16.7 Å². The lowest BCUT2D eigenvalue weighted by Gasteiger charge is -2.23. The minimum atomic E-state index is -0.380. The summed E-state index contributed by atoms with van der Waals surface area (Å²) in [5.74, 6) is -0.231. The zero-order valence-corrected chi connectivity index (χ0v) is 16.5. The van der Waals surface area contributed by atoms with Crippen LogP contribution in [-0.2, 0) is 20.7 Å². The van der Waals surface area contributed by atoms with E-state index in [9.17, 15) is 14.0 Å². The number of rotatable bonds is 9. The molecule has 0 atom stereocenters. The quantitative estimate of drug-likeness (QED) is 0.619. The molecule has 2 aromatic rings. The normalized spacial score (nSPS) is 10.4. The van der Waals surface area contributed by atoms with Crippen molar-refractivity contribution in [3.05, 3.63) is 65.0 Å². The van der Waals surface area contributed by atoms with Crippen LogP contribution in [0.25, 0.3) is 0 Å². The molecule has 0 N–H and O–H groups in total. The van der Waals surface area contributed by atoms with Gasteiger partial charge in [-0.25, -0.2) is 4.39 Å². The number of hydrogen-bond donors (Lipinski definition) is 0. The fraction of sp³-hybridized carbons (Fsp3) is 0.364. The summed E-state index contributed by atoms with van der Waals surface area (Å²) in [6.07, 6.45) is 0.659. The van der Waals surface area contributed by atoms with Gasteiger partial charge < -0.3 is 14.4 Å². The van der Waals surface area contributed by atoms with Crippen LogP contribution in [0.4, 0.5) is 4.39 Å². The zero-order valence-electron chi connectivity index (χ0n) is 16.5. The lowest BCUT2D eigenvalue weighted by atomic mass is 10.1. The molecule has 0 saturated carbocycles. The van der Waals surface area contributed by atoms with E-state index in [1.165, 1.54) is 19.2 Å². The molecular weight excluding hydrogens is 361 g/mol. The van der Waals surface area contributed by atoms with Crippen molar-refractivity contribution in [1.82, 2.24) is 4.90 Å². The third-order valence-corrected chi connectivity index (χ3v) is 4.66. The molecule has 0 aliphatic carbocycles. The Morgan fingerprint density at radius 1 is 1.04 bits per heavy atom. The highest BCUT2D eigenvalue weighted by Gasteiger charge is 2.17. The largest absolute Gasteiger partial charge is 0.483 e. The molecule has 1 amide bonds. The molecule has 6 heteroatoms. The molecule has 0 saturated heterocycles. The number of esters is 1. The van der Waals surface area contributed by atoms with E-state index >= 15 is 0 Å². The van der Waals surface area contributed by atoms with Crippen molar-refractivity contribution in [3.8, 4) is 5.75 Å². The molecule has 150 valence electrons. The fourth-order valence-electron chi connectivity index (χ4n) is 2.72. The summed E-state index contributed by atoms with van der Waals surface area (Å²) in [5.41, 5.74) is 2.99. The molecule has 5 nitrogen and oxygen atoms in total. The van der Waals surface area contributed by atoms with Crippen LogP contribution in [-0.4, -0.2) is 43.6 Å². The van der Waals surface area contributed by atoms with E-state index in [-0.39, 0.29) is 37.3 Å². The Balaban J connectivity index is 1.99. The van der Waals surface area contributed by atoms with Crippen LogP contribution in [0.15, 0.2) is 42.5 Å². The summed E-state index contributed by atoms with van der Waals surface area (Å²) in [7, 11) is 1.32. The standard InChI is InChI=1S/C22H26FNO4/c1-16-5-4-6-20(17(16)2)28-15-21(25)24(14-12-22(26)27-3)13-11-18-7-9-19(23)10-8-18/h4-10H,11-15H2,1-3H3. The minimum Gasteiger partial charge on any atom is -0.483 e. The van der Waals surface area contributed by atoms with Gasteiger partial charge in [0.05, 0.1) is 13.5 Å². The highest BCUT2D eigenvalue weighted by molar-refractivity contribution is 5.78. The number of amides is 1. The van der Waals surface area contributed by atoms with E-state index in [0.29, 0.717) is 18.7 Å². The van der Waals surface area contributed by atoms with Gasteiger partial charge in [0.15, 0.2) is 6.61 Å². The van der Waals surface area contributed by atoms with Crippen LogP contribution < -0.4 is 4.74 Å². The smallest absolute Gasteiger partial charge is 0.307 e. The predicted molar refractivity (Wildman–Crippen MR) is 105 cm³/mol. The maximum atomic E-state index is 13.1. The van der Waals surface area contributed by atoms with Crippen molar-refractivity contribution in [1.29, 1.82) is 0 Å². The molecule has 0 aromatic heterocycles. The molecule has 0 aliphatic rings. The lowest BCUT2D eigenvalue weighted by molar-refractivity contribution is -0.142. The highest BCUT2D eigenvalue weighted by Crippen LogP contribution is 2.20. The topological polar surface area (TPSA) is 55.8 Å². The van der Waals surface area contributed by atoms with Gasteiger partial charge in [-0.15, -0.1) is 0 Å². The maximum absolute atomic E-state index is 13.1. The van der Waals surface area contributed by atoms with Gasteiger partial charge >= 0.3 is 5.97 Å². The molecule has 0 fully saturated rings. The fourth-order valence-corrected chi connectivity index (χ4v) is 2.72. The summed E-state index contributed by atoms with van der Waals surface area (Å²) in [6, 6.07) is 11.8. The highest BCUT2D eigenvalue weighted by atomic mass is 19.1. The van der Waals surface area contributed by atoms with Crippen molar-refractivity contribution < 1.29 is 23.5 Å². The first kappa shape index (κ1) is 21.4. The number of hydrogen-bond acceptors (Lipinski definition) is 4. The Labute approximate surface area is 165 Å². The van der Waals surface area contributed by atoms with Crippen LogP contribution in [0.1, 0.15) is 23.1 Å². The average Bonchev–Trinajstić information content (AvgIpc) is 2.70. The van der Waals surface area contributed by atoms with E-state index in [2.05, 4.69) is 4.74 Å². The summed E-state index contributed by atoms with van der Waals surface area (Å²) in [5, 5.41) is 0. The number of aryl methyl sites for hydroxylation is 1. The number of nitrogens with zero attached hydrogens (tertiary/aromatic N) is 1. The van der Waals surface area contributed by atoms with Crippen LogP contribution in [0.5, 0.6) is 5.75 Å². The Kier molecular flexibility index (Phi) is 7.99. The van der Waals surface area contributed by atoms with Gasteiger partial charge in [0.1, 0.15) is 11.6 Å². The monoisotopic (exact) mass is 387 g/mol. The number of carbonyl (C=O) groups excluding carboxylic acids is 2. The molecule has 28 heavy (non-hydrogen) atoms. The second-order valence-corrected chi connectivity index (χ2v) is 6.57. The van der Waals surface area contributed by atoms with Crippen molar-refractivity contribution in [2.75, 3.05) is 26.8 Å². The molecule has 0 aliphatic heterocycles. The first-order chi connectivity index (χ1) is 13.4. The summed E-state index contributed by atoms with van der Waals surface area (Å²) >= 11 is 0. The van der Waals surface area contributed by atoms with Crippen molar-refractivity contribution >= 4 is 11.9 Å². The molecule has 0 heterocycles. The second-order valence-electron chi connectivity index (χ2n) is 6.57. The van der Waals surface area contributed by atoms with Crippen LogP contribution in [0.3, 0.4) is 0 Å². The third-order valence-electron chi connectivity index (χ3n) is 4.66. The van der Waals surface area contributed by atoms with Gasteiger partial charge in [-0.2, -0.15) is 0 Å². The minimum absolute atomic E-state index is 0.106. The lowest BCUT2D eigenvalue weighted by Crippen LogP contribution is -2.38. The van der Waals surface area contributed by atoms with Gasteiger partial charge in [0.25, 0.3) is 5.91 Å². The SMILES string of the molecule is COC(=O)CCN(CCc1ccc(F)cc1)C(=O)COc1cccc(C)c1C. The number of carbonyl (C=O) groups is 2. The van der Waals surface area contributed by atoms with Gasteiger partial charge in [-0.05, 0) is 55.2 Å². The molecular formula is C22H26FNO4. The van der Waals surface area contributed by atoms with Crippen LogP contribution in [0, 0.1) is 19.7 Å². The van der Waals surface area contributed by atoms with Crippen molar-refractivity contribution in [3.63, 3.8) is 0 Å². The zero-order chi connectivity index (χ0) is 20.5. The predicted octanol–water partition coefficient (Wildman–Crippen LogP) is 3.46. The van der Waals surface area contributed by atoms with E-state index in [1.54, 1.807) is 17.0 Å². The molecule has 0 radical (unpaired) electrons. The number of methoxy groups -OCH3 is 1. The van der Waals surface area contributed by atoms with E-state index in [1.807, 2.05) is 32.0 Å². The summed E-state index contributed by atoms with van der Waals surface area (Å²) in [4.78, 5) is 25.7. The summed E-state index contributed by atoms with van der Waals surface area (Å²) < 4.78 is 23.4. The average molecular weight is 387 g/mol. The third kappa shape index (κ3) is 6.37. The first-order valence-corrected chi connectivity index (χ1v) is 9.18. The molecule has 0 spiro atoms. The van der Waals surface area contributed by atoms with Crippen molar-refractivity contribution in [2.24, 2.45) is 0 Å². The number of halogens is 1. The second kappa shape index (κ2) is 10.4. The number of benzene rings is 2. The Bertz CT molecular complexity index is 805. The molecule has 2 aromatic carbocycles. The Hall–Kier alpha value is -2.89. The van der Waals surface area contributed by atoms with E-state index in [4.69, 9.17) is 4.74 Å². The first-order valence-electron chi connectivity index (χ1n) is 9.18. The van der Waals surface area contributed by atoms with E-state index < -0.39 is 0 Å². The van der Waals surface area contributed by atoms with Crippen LogP contribution in [0.2, 0.25) is 0 Å². The van der Waals surface area contributed by atoms with Gasteiger partial charge in [0.2, 0.25) is 0 Å². The van der Waals surface area contributed by atoms with Gasteiger partial charge in [-0.3, -0.25) is 9.59 Å². The number of ether oxygens (including phenoxy) is 2. The van der Waals surface area contributed by atoms with Crippen LogP contribution >= 0.6 is 0 Å². The van der Waals surface area contributed by atoms with Crippen molar-refractivity contribution in [2.45, 2.75) is 26.7 Å². The molecule has 0 unspecified atom stereocenters. The Morgan fingerprint density at radius 3 is 2.43 bits per heavy atom. The molecule has 2 rings (SSSR count). The maximum Gasteiger partial charge on any atom is 0.307 e. The molecule has 0 bridgehead atoms. The van der Waals surface area contributed by atoms with Gasteiger partial charge in [0, 0.05) is 13.1 Å². The summed E-state index contributed by atoms with van der Waals surface area (Å²) in [6.45, 7) is 4.45. The van der Waals surface area contributed by atoms with Gasteiger partial charge in [-0.1, -0.05) is 24.3 Å². The Morgan fingerprint density at radius 2 is 1.75 bits per heavy atom.